The van der Waals surface area contributed by atoms with Gasteiger partial charge in [-0.05, 0) is 25.5 Å². The minimum atomic E-state index is -0.0938. The summed E-state index contributed by atoms with van der Waals surface area (Å²) in [5, 5.41) is 0. The van der Waals surface area contributed by atoms with Crippen molar-refractivity contribution in [2.75, 3.05) is 7.05 Å². The maximum absolute atomic E-state index is 11.4. The molecule has 1 rings (SSSR count). The van der Waals surface area contributed by atoms with Crippen LogP contribution in [-0.4, -0.2) is 13.0 Å². The molecule has 1 aromatic carbocycles. The Bertz CT molecular complexity index is 321. The standard InChI is InChI=1S/C10H14N2O/c1-7-4-5-8(2)9(6-7)10(13)12-11-3/h4-6,11H,1-3H3,(H,12,13). The topological polar surface area (TPSA) is 41.1 Å². The lowest BCUT2D eigenvalue weighted by Crippen LogP contribution is -2.34. The van der Waals surface area contributed by atoms with Crippen LogP contribution in [0.5, 0.6) is 0 Å². The molecule has 0 aromatic heterocycles. The lowest BCUT2D eigenvalue weighted by molar-refractivity contribution is 0.0937. The van der Waals surface area contributed by atoms with Crippen LogP contribution in [-0.2, 0) is 0 Å². The molecule has 0 atom stereocenters. The van der Waals surface area contributed by atoms with Crippen molar-refractivity contribution in [1.29, 1.82) is 0 Å². The molecule has 70 valence electrons. The van der Waals surface area contributed by atoms with Crippen molar-refractivity contribution in [3.05, 3.63) is 34.9 Å². The lowest BCUT2D eigenvalue weighted by Gasteiger charge is -2.06. The Labute approximate surface area is 78.1 Å². The van der Waals surface area contributed by atoms with Crippen molar-refractivity contribution >= 4 is 5.91 Å². The molecule has 3 nitrogen and oxygen atoms in total. The van der Waals surface area contributed by atoms with Crippen molar-refractivity contribution in [2.45, 2.75) is 13.8 Å². The number of nitrogens with one attached hydrogen (secondary N) is 2. The van der Waals surface area contributed by atoms with Crippen LogP contribution in [0.15, 0.2) is 18.2 Å². The Balaban J connectivity index is 2.99. The molecule has 0 aliphatic rings. The third kappa shape index (κ3) is 2.29. The van der Waals surface area contributed by atoms with E-state index in [1.54, 1.807) is 7.05 Å². The second-order valence-electron chi connectivity index (χ2n) is 3.02. The molecule has 2 N–H and O–H groups in total. The number of aryl methyl sites for hydroxylation is 2. The summed E-state index contributed by atoms with van der Waals surface area (Å²) >= 11 is 0. The SMILES string of the molecule is CNNC(=O)c1cc(C)ccc1C. The zero-order valence-electron chi connectivity index (χ0n) is 8.14. The molecule has 0 radical (unpaired) electrons. The average Bonchev–Trinajstić information content (AvgIpc) is 2.09. The first-order chi connectivity index (χ1) is 6.15. The van der Waals surface area contributed by atoms with E-state index in [1.165, 1.54) is 0 Å². The number of amides is 1. The molecule has 13 heavy (non-hydrogen) atoms. The van der Waals surface area contributed by atoms with E-state index in [9.17, 15) is 4.79 Å². The summed E-state index contributed by atoms with van der Waals surface area (Å²) in [6.07, 6.45) is 0. The number of carbonyl (C=O) groups excluding carboxylic acids is 1. The summed E-state index contributed by atoms with van der Waals surface area (Å²) in [5.74, 6) is -0.0938. The van der Waals surface area contributed by atoms with Gasteiger partial charge in [0.2, 0.25) is 0 Å². The number of carbonyl (C=O) groups is 1. The molecule has 0 saturated carbocycles. The van der Waals surface area contributed by atoms with Gasteiger partial charge >= 0.3 is 0 Å². The highest BCUT2D eigenvalue weighted by Crippen LogP contribution is 2.09. The van der Waals surface area contributed by atoms with Crippen LogP contribution in [0.4, 0.5) is 0 Å². The second-order valence-corrected chi connectivity index (χ2v) is 3.02. The van der Waals surface area contributed by atoms with Gasteiger partial charge in [0.15, 0.2) is 0 Å². The van der Waals surface area contributed by atoms with Gasteiger partial charge in [-0.15, -0.1) is 0 Å². The average molecular weight is 178 g/mol. The molecule has 3 heteroatoms. The van der Waals surface area contributed by atoms with Crippen LogP contribution >= 0.6 is 0 Å². The van der Waals surface area contributed by atoms with E-state index < -0.39 is 0 Å². The number of rotatable bonds is 2. The summed E-state index contributed by atoms with van der Waals surface area (Å²) in [6.45, 7) is 3.89. The van der Waals surface area contributed by atoms with Gasteiger partial charge in [-0.3, -0.25) is 10.2 Å². The summed E-state index contributed by atoms with van der Waals surface area (Å²) < 4.78 is 0. The van der Waals surface area contributed by atoms with Gasteiger partial charge in [-0.25, -0.2) is 5.43 Å². The highest BCUT2D eigenvalue weighted by Gasteiger charge is 2.06. The summed E-state index contributed by atoms with van der Waals surface area (Å²) in [5.41, 5.74) is 7.95. The molecule has 0 unspecified atom stereocenters. The molecule has 0 aliphatic carbocycles. The van der Waals surface area contributed by atoms with E-state index in [0.29, 0.717) is 5.56 Å². The third-order valence-electron chi connectivity index (χ3n) is 1.88. The van der Waals surface area contributed by atoms with Crippen LogP contribution in [0.1, 0.15) is 21.5 Å². The van der Waals surface area contributed by atoms with Crippen LogP contribution in [0.3, 0.4) is 0 Å². The number of benzene rings is 1. The molecule has 0 fully saturated rings. The van der Waals surface area contributed by atoms with Crippen LogP contribution in [0.2, 0.25) is 0 Å². The van der Waals surface area contributed by atoms with Crippen molar-refractivity contribution in [3.8, 4) is 0 Å². The first-order valence-corrected chi connectivity index (χ1v) is 4.19. The van der Waals surface area contributed by atoms with E-state index in [0.717, 1.165) is 11.1 Å². The number of hydrazine groups is 1. The molecule has 0 saturated heterocycles. The second kappa shape index (κ2) is 4.05. The van der Waals surface area contributed by atoms with Gasteiger partial charge < -0.3 is 0 Å². The molecule has 0 heterocycles. The largest absolute Gasteiger partial charge is 0.288 e. The Hall–Kier alpha value is -1.35. The van der Waals surface area contributed by atoms with E-state index in [2.05, 4.69) is 10.9 Å². The zero-order valence-corrected chi connectivity index (χ0v) is 8.14. The van der Waals surface area contributed by atoms with Crippen molar-refractivity contribution in [2.24, 2.45) is 0 Å². The zero-order chi connectivity index (χ0) is 9.84. The fourth-order valence-electron chi connectivity index (χ4n) is 1.16. The Morgan fingerprint density at radius 3 is 2.62 bits per heavy atom. The maximum Gasteiger partial charge on any atom is 0.265 e. The van der Waals surface area contributed by atoms with Gasteiger partial charge in [0, 0.05) is 12.6 Å². The van der Waals surface area contributed by atoms with Gasteiger partial charge in [-0.1, -0.05) is 17.7 Å². The van der Waals surface area contributed by atoms with Gasteiger partial charge in [0.05, 0.1) is 0 Å². The van der Waals surface area contributed by atoms with E-state index in [1.807, 2.05) is 32.0 Å². The minimum absolute atomic E-state index is 0.0938. The van der Waals surface area contributed by atoms with Crippen molar-refractivity contribution in [1.82, 2.24) is 10.9 Å². The van der Waals surface area contributed by atoms with Gasteiger partial charge in [0.1, 0.15) is 0 Å². The van der Waals surface area contributed by atoms with Crippen LogP contribution in [0.25, 0.3) is 0 Å². The smallest absolute Gasteiger partial charge is 0.265 e. The predicted octanol–water partition coefficient (Wildman–Crippen LogP) is 1.17. The number of hydrogen-bond acceptors (Lipinski definition) is 2. The highest BCUT2D eigenvalue weighted by atomic mass is 16.2. The minimum Gasteiger partial charge on any atom is -0.288 e. The van der Waals surface area contributed by atoms with Gasteiger partial charge in [-0.2, -0.15) is 0 Å². The normalized spacial score (nSPS) is 9.77. The van der Waals surface area contributed by atoms with Crippen LogP contribution in [0, 0.1) is 13.8 Å². The molecule has 0 bridgehead atoms. The predicted molar refractivity (Wildman–Crippen MR) is 52.4 cm³/mol. The Kier molecular flexibility index (Phi) is 3.03. The first-order valence-electron chi connectivity index (χ1n) is 4.19. The summed E-state index contributed by atoms with van der Waals surface area (Å²) in [6, 6.07) is 5.81. The summed E-state index contributed by atoms with van der Waals surface area (Å²) in [4.78, 5) is 11.4. The van der Waals surface area contributed by atoms with E-state index in [-0.39, 0.29) is 5.91 Å². The van der Waals surface area contributed by atoms with Crippen molar-refractivity contribution in [3.63, 3.8) is 0 Å². The maximum atomic E-state index is 11.4. The molecular weight excluding hydrogens is 164 g/mol. The molecule has 1 aromatic rings. The van der Waals surface area contributed by atoms with E-state index >= 15 is 0 Å². The van der Waals surface area contributed by atoms with E-state index in [4.69, 9.17) is 0 Å². The fourth-order valence-corrected chi connectivity index (χ4v) is 1.16. The molecule has 1 amide bonds. The summed E-state index contributed by atoms with van der Waals surface area (Å²) in [7, 11) is 1.67. The highest BCUT2D eigenvalue weighted by molar-refractivity contribution is 5.95. The monoisotopic (exact) mass is 178 g/mol. The third-order valence-corrected chi connectivity index (χ3v) is 1.88. The quantitative estimate of drug-likeness (QED) is 0.667. The fraction of sp³-hybridized carbons (Fsp3) is 0.300. The first kappa shape index (κ1) is 9.74. The van der Waals surface area contributed by atoms with Gasteiger partial charge in [0.25, 0.3) is 5.91 Å². The van der Waals surface area contributed by atoms with Crippen LogP contribution < -0.4 is 10.9 Å². The Morgan fingerprint density at radius 2 is 2.00 bits per heavy atom. The Morgan fingerprint density at radius 1 is 1.31 bits per heavy atom. The number of hydrogen-bond donors (Lipinski definition) is 2. The molecule has 0 spiro atoms. The van der Waals surface area contributed by atoms with Crippen molar-refractivity contribution < 1.29 is 4.79 Å². The molecule has 0 aliphatic heterocycles. The lowest BCUT2D eigenvalue weighted by atomic mass is 10.1. The molecular formula is C10H14N2O.